The maximum atomic E-state index is 11.6. The Hall–Kier alpha value is -2.43. The van der Waals surface area contributed by atoms with Crippen molar-refractivity contribution in [2.75, 3.05) is 10.2 Å². The summed E-state index contributed by atoms with van der Waals surface area (Å²) in [6.07, 6.45) is 6.28. The fourth-order valence-electron chi connectivity index (χ4n) is 2.88. The Kier molecular flexibility index (Phi) is 3.25. The van der Waals surface area contributed by atoms with Crippen molar-refractivity contribution in [3.63, 3.8) is 0 Å². The van der Waals surface area contributed by atoms with Gasteiger partial charge in [0.15, 0.2) is 0 Å². The van der Waals surface area contributed by atoms with Gasteiger partial charge in [-0.05, 0) is 44.2 Å². The average molecular weight is 294 g/mol. The summed E-state index contributed by atoms with van der Waals surface area (Å²) in [5.41, 5.74) is 3.10. The Labute approximate surface area is 129 Å². The first-order valence-corrected chi connectivity index (χ1v) is 7.81. The predicted octanol–water partition coefficient (Wildman–Crippen LogP) is 2.83. The van der Waals surface area contributed by atoms with E-state index in [2.05, 4.69) is 15.3 Å². The highest BCUT2D eigenvalue weighted by Crippen LogP contribution is 2.33. The molecule has 0 radical (unpaired) electrons. The van der Waals surface area contributed by atoms with Gasteiger partial charge in [-0.25, -0.2) is 4.98 Å². The van der Waals surface area contributed by atoms with E-state index in [-0.39, 0.29) is 0 Å². The van der Waals surface area contributed by atoms with Crippen LogP contribution in [0.4, 0.5) is 17.5 Å². The zero-order valence-corrected chi connectivity index (χ0v) is 12.3. The lowest BCUT2D eigenvalue weighted by Crippen LogP contribution is -2.19. The smallest absolute Gasteiger partial charge is 0.238 e. The van der Waals surface area contributed by atoms with Gasteiger partial charge in [0.1, 0.15) is 5.82 Å². The van der Waals surface area contributed by atoms with Crippen molar-refractivity contribution in [2.45, 2.75) is 38.1 Å². The van der Waals surface area contributed by atoms with Crippen molar-refractivity contribution in [2.24, 2.45) is 0 Å². The number of carbonyl (C=O) groups excluding carboxylic acids is 1. The number of nitrogens with one attached hydrogen (secondary N) is 1. The van der Waals surface area contributed by atoms with Crippen LogP contribution in [0.2, 0.25) is 0 Å². The predicted molar refractivity (Wildman–Crippen MR) is 85.3 cm³/mol. The van der Waals surface area contributed by atoms with Crippen LogP contribution in [0.3, 0.4) is 0 Å². The van der Waals surface area contributed by atoms with Crippen molar-refractivity contribution in [3.8, 4) is 0 Å². The number of anilines is 3. The van der Waals surface area contributed by atoms with Gasteiger partial charge in [-0.2, -0.15) is 4.98 Å². The Morgan fingerprint density at radius 1 is 1.14 bits per heavy atom. The maximum Gasteiger partial charge on any atom is 0.238 e. The standard InChI is InChI=1S/C17H18N4O/c22-11-21(13-5-2-1-3-6-13)17-19-15-8-4-7-14(15)16(20-17)18-12-9-10-12/h1-3,5-6,11-12H,4,7-10H2,(H,18,19,20). The number of rotatable bonds is 5. The van der Waals surface area contributed by atoms with E-state index in [1.54, 1.807) is 0 Å². The zero-order chi connectivity index (χ0) is 14.9. The molecule has 0 unspecified atom stereocenters. The molecule has 5 nitrogen and oxygen atoms in total. The van der Waals surface area contributed by atoms with E-state index in [9.17, 15) is 4.79 Å². The normalized spacial score (nSPS) is 16.2. The number of fused-ring (bicyclic) bond motifs is 1. The summed E-state index contributed by atoms with van der Waals surface area (Å²) >= 11 is 0. The third-order valence-corrected chi connectivity index (χ3v) is 4.19. The van der Waals surface area contributed by atoms with Crippen molar-refractivity contribution < 1.29 is 4.79 Å². The molecule has 2 aliphatic rings. The molecule has 112 valence electrons. The molecule has 1 amide bonds. The summed E-state index contributed by atoms with van der Waals surface area (Å²) in [5.74, 6) is 1.38. The number of carbonyl (C=O) groups is 1. The van der Waals surface area contributed by atoms with Gasteiger partial charge in [0.25, 0.3) is 0 Å². The number of aryl methyl sites for hydroxylation is 1. The Morgan fingerprint density at radius 3 is 2.68 bits per heavy atom. The lowest BCUT2D eigenvalue weighted by atomic mass is 10.2. The lowest BCUT2D eigenvalue weighted by Gasteiger charge is -2.18. The molecule has 0 saturated heterocycles. The topological polar surface area (TPSA) is 58.1 Å². The number of amides is 1. The molecular formula is C17H18N4O. The molecule has 2 aliphatic carbocycles. The van der Waals surface area contributed by atoms with Crippen LogP contribution in [0, 0.1) is 0 Å². The fourth-order valence-corrected chi connectivity index (χ4v) is 2.88. The first-order chi connectivity index (χ1) is 10.8. The van der Waals surface area contributed by atoms with Gasteiger partial charge < -0.3 is 5.32 Å². The number of para-hydroxylation sites is 1. The molecule has 1 aromatic heterocycles. The summed E-state index contributed by atoms with van der Waals surface area (Å²) in [6.45, 7) is 0. The van der Waals surface area contributed by atoms with E-state index in [1.165, 1.54) is 23.3 Å². The SMILES string of the molecule is O=CN(c1ccccc1)c1nc2c(c(NC3CC3)n1)CCC2. The van der Waals surface area contributed by atoms with E-state index in [4.69, 9.17) is 0 Å². The molecule has 2 aromatic rings. The second kappa shape index (κ2) is 5.40. The highest BCUT2D eigenvalue weighted by molar-refractivity contribution is 5.83. The molecule has 1 saturated carbocycles. The average Bonchev–Trinajstić information content (AvgIpc) is 3.23. The molecule has 5 heteroatoms. The molecule has 1 aromatic carbocycles. The highest BCUT2D eigenvalue weighted by Gasteiger charge is 2.27. The van der Waals surface area contributed by atoms with Crippen LogP contribution >= 0.6 is 0 Å². The summed E-state index contributed by atoms with van der Waals surface area (Å²) < 4.78 is 0. The van der Waals surface area contributed by atoms with Gasteiger partial charge >= 0.3 is 0 Å². The molecule has 22 heavy (non-hydrogen) atoms. The second-order valence-electron chi connectivity index (χ2n) is 5.88. The molecule has 0 atom stereocenters. The minimum Gasteiger partial charge on any atom is -0.367 e. The van der Waals surface area contributed by atoms with Crippen LogP contribution in [-0.4, -0.2) is 22.4 Å². The summed E-state index contributed by atoms with van der Waals surface area (Å²) in [7, 11) is 0. The molecule has 0 spiro atoms. The largest absolute Gasteiger partial charge is 0.367 e. The van der Waals surface area contributed by atoms with E-state index in [1.807, 2.05) is 30.3 Å². The van der Waals surface area contributed by atoms with Crippen molar-refractivity contribution in [1.82, 2.24) is 9.97 Å². The molecular weight excluding hydrogens is 276 g/mol. The third kappa shape index (κ3) is 2.43. The van der Waals surface area contributed by atoms with Crippen molar-refractivity contribution in [1.29, 1.82) is 0 Å². The van der Waals surface area contributed by atoms with Gasteiger partial charge in [-0.15, -0.1) is 0 Å². The first kappa shape index (κ1) is 13.2. The molecule has 1 fully saturated rings. The second-order valence-corrected chi connectivity index (χ2v) is 5.88. The molecule has 0 bridgehead atoms. The van der Waals surface area contributed by atoms with Crippen LogP contribution in [0.25, 0.3) is 0 Å². The quantitative estimate of drug-likeness (QED) is 0.862. The number of aromatic nitrogens is 2. The molecule has 1 heterocycles. The monoisotopic (exact) mass is 294 g/mol. The molecule has 1 N–H and O–H groups in total. The number of hydrogen-bond acceptors (Lipinski definition) is 4. The van der Waals surface area contributed by atoms with Crippen LogP contribution < -0.4 is 10.2 Å². The first-order valence-electron chi connectivity index (χ1n) is 7.81. The zero-order valence-electron chi connectivity index (χ0n) is 12.3. The lowest BCUT2D eigenvalue weighted by molar-refractivity contribution is -0.106. The Bertz CT molecular complexity index is 697. The summed E-state index contributed by atoms with van der Waals surface area (Å²) in [4.78, 5) is 22.4. The van der Waals surface area contributed by atoms with Crippen LogP contribution in [0.1, 0.15) is 30.5 Å². The van der Waals surface area contributed by atoms with Gasteiger partial charge in [-0.3, -0.25) is 9.69 Å². The molecule has 4 rings (SSSR count). The Morgan fingerprint density at radius 2 is 1.95 bits per heavy atom. The summed E-state index contributed by atoms with van der Waals surface area (Å²) in [5, 5.41) is 3.49. The number of nitrogens with zero attached hydrogens (tertiary/aromatic N) is 3. The van der Waals surface area contributed by atoms with Gasteiger partial charge in [0.05, 0.1) is 11.4 Å². The van der Waals surface area contributed by atoms with E-state index in [0.717, 1.165) is 42.9 Å². The highest BCUT2D eigenvalue weighted by atomic mass is 16.1. The van der Waals surface area contributed by atoms with Crippen molar-refractivity contribution >= 4 is 23.9 Å². The minimum absolute atomic E-state index is 0.463. The van der Waals surface area contributed by atoms with E-state index < -0.39 is 0 Å². The van der Waals surface area contributed by atoms with Crippen LogP contribution in [0.5, 0.6) is 0 Å². The van der Waals surface area contributed by atoms with Gasteiger partial charge in [-0.1, -0.05) is 18.2 Å². The minimum atomic E-state index is 0.463. The maximum absolute atomic E-state index is 11.6. The van der Waals surface area contributed by atoms with Gasteiger partial charge in [0, 0.05) is 11.6 Å². The van der Waals surface area contributed by atoms with Crippen molar-refractivity contribution in [3.05, 3.63) is 41.6 Å². The third-order valence-electron chi connectivity index (χ3n) is 4.19. The van der Waals surface area contributed by atoms with Crippen LogP contribution in [-0.2, 0) is 17.6 Å². The number of hydrogen-bond donors (Lipinski definition) is 1. The Balaban J connectivity index is 1.75. The fraction of sp³-hybridized carbons (Fsp3) is 0.353. The van der Waals surface area contributed by atoms with Crippen LogP contribution in [0.15, 0.2) is 30.3 Å². The summed E-state index contributed by atoms with van der Waals surface area (Å²) in [6, 6.07) is 10.0. The molecule has 0 aliphatic heterocycles. The van der Waals surface area contributed by atoms with Gasteiger partial charge in [0.2, 0.25) is 12.4 Å². The van der Waals surface area contributed by atoms with E-state index >= 15 is 0 Å². The van der Waals surface area contributed by atoms with E-state index in [0.29, 0.717) is 12.0 Å². The number of benzene rings is 1.